The van der Waals surface area contributed by atoms with Gasteiger partial charge in [0.1, 0.15) is 0 Å². The average molecular weight is 417 g/mol. The van der Waals surface area contributed by atoms with Crippen LogP contribution in [0.1, 0.15) is 62.5 Å². The first kappa shape index (κ1) is 21.2. The highest BCUT2D eigenvalue weighted by molar-refractivity contribution is 6.30. The maximum Gasteiger partial charge on any atom is 0.0406 e. The Bertz CT molecular complexity index is 887. The number of aryl methyl sites for hydroxylation is 1. The molecular formula is C29H33Cl. The van der Waals surface area contributed by atoms with E-state index >= 15 is 0 Å². The number of halogens is 1. The van der Waals surface area contributed by atoms with Gasteiger partial charge in [0.05, 0.1) is 0 Å². The Morgan fingerprint density at radius 1 is 0.733 bits per heavy atom. The summed E-state index contributed by atoms with van der Waals surface area (Å²) in [4.78, 5) is 0. The highest BCUT2D eigenvalue weighted by Crippen LogP contribution is 2.37. The van der Waals surface area contributed by atoms with Crippen LogP contribution in [0, 0.1) is 11.8 Å². The summed E-state index contributed by atoms with van der Waals surface area (Å²) in [6.45, 7) is 2.40. The molecule has 1 fully saturated rings. The van der Waals surface area contributed by atoms with Crippen LogP contribution in [0.15, 0.2) is 78.9 Å². The number of hydrogen-bond donors (Lipinski definition) is 0. The van der Waals surface area contributed by atoms with Crippen molar-refractivity contribution in [3.8, 4) is 11.1 Å². The minimum atomic E-state index is 0.687. The van der Waals surface area contributed by atoms with Crippen LogP contribution in [-0.4, -0.2) is 0 Å². The van der Waals surface area contributed by atoms with Gasteiger partial charge < -0.3 is 0 Å². The van der Waals surface area contributed by atoms with Crippen LogP contribution in [0.4, 0.5) is 0 Å². The normalized spacial score (nSPS) is 20.1. The molecule has 0 spiro atoms. The van der Waals surface area contributed by atoms with Crippen molar-refractivity contribution >= 4 is 11.6 Å². The van der Waals surface area contributed by atoms with E-state index in [2.05, 4.69) is 73.7 Å². The maximum atomic E-state index is 6.00. The molecule has 1 aliphatic rings. The summed E-state index contributed by atoms with van der Waals surface area (Å²) < 4.78 is 0. The van der Waals surface area contributed by atoms with Gasteiger partial charge in [0, 0.05) is 5.02 Å². The van der Waals surface area contributed by atoms with Crippen LogP contribution in [0.2, 0.25) is 5.02 Å². The molecule has 0 aromatic heterocycles. The topological polar surface area (TPSA) is 0 Å². The van der Waals surface area contributed by atoms with E-state index in [-0.39, 0.29) is 0 Å². The lowest BCUT2D eigenvalue weighted by Gasteiger charge is -2.30. The van der Waals surface area contributed by atoms with Crippen molar-refractivity contribution in [2.24, 2.45) is 11.8 Å². The third-order valence-electron chi connectivity index (χ3n) is 6.99. The molecule has 3 aromatic carbocycles. The molecule has 4 rings (SSSR count). The van der Waals surface area contributed by atoms with Gasteiger partial charge in [-0.25, -0.2) is 0 Å². The van der Waals surface area contributed by atoms with Crippen molar-refractivity contribution in [3.05, 3.63) is 95.0 Å². The molecule has 0 aliphatic heterocycles. The van der Waals surface area contributed by atoms with Gasteiger partial charge in [-0.2, -0.15) is 0 Å². The van der Waals surface area contributed by atoms with Crippen molar-refractivity contribution in [1.82, 2.24) is 0 Å². The summed E-state index contributed by atoms with van der Waals surface area (Å²) >= 11 is 6.00. The molecule has 30 heavy (non-hydrogen) atoms. The summed E-state index contributed by atoms with van der Waals surface area (Å²) in [7, 11) is 0. The highest BCUT2D eigenvalue weighted by Gasteiger charge is 2.23. The molecule has 1 saturated carbocycles. The fraction of sp³-hybridized carbons (Fsp3) is 0.379. The molecule has 3 aromatic rings. The van der Waals surface area contributed by atoms with E-state index in [9.17, 15) is 0 Å². The van der Waals surface area contributed by atoms with Gasteiger partial charge in [0.2, 0.25) is 0 Å². The minimum absolute atomic E-state index is 0.687. The van der Waals surface area contributed by atoms with Crippen molar-refractivity contribution in [2.75, 3.05) is 0 Å². The molecule has 1 atom stereocenters. The zero-order valence-corrected chi connectivity index (χ0v) is 18.8. The zero-order valence-electron chi connectivity index (χ0n) is 18.1. The number of rotatable bonds is 7. The second kappa shape index (κ2) is 10.3. The summed E-state index contributed by atoms with van der Waals surface area (Å²) in [5.74, 6) is 2.51. The van der Waals surface area contributed by atoms with Gasteiger partial charge in [0.25, 0.3) is 0 Å². The molecule has 0 amide bonds. The molecule has 0 nitrogen and oxygen atoms in total. The van der Waals surface area contributed by atoms with E-state index in [0.717, 1.165) is 16.9 Å². The lowest BCUT2D eigenvalue weighted by atomic mass is 9.75. The maximum absolute atomic E-state index is 6.00. The minimum Gasteiger partial charge on any atom is -0.0843 e. The van der Waals surface area contributed by atoms with Crippen LogP contribution in [0.3, 0.4) is 0 Å². The zero-order chi connectivity index (χ0) is 20.8. The largest absolute Gasteiger partial charge is 0.0843 e. The van der Waals surface area contributed by atoms with E-state index in [1.807, 2.05) is 12.1 Å². The van der Waals surface area contributed by atoms with Gasteiger partial charge in [-0.3, -0.25) is 0 Å². The van der Waals surface area contributed by atoms with Crippen LogP contribution in [0.5, 0.6) is 0 Å². The van der Waals surface area contributed by atoms with Gasteiger partial charge in [0.15, 0.2) is 0 Å². The van der Waals surface area contributed by atoms with E-state index < -0.39 is 0 Å². The van der Waals surface area contributed by atoms with Gasteiger partial charge in [-0.15, -0.1) is 0 Å². The fourth-order valence-corrected chi connectivity index (χ4v) is 5.18. The second-order valence-electron chi connectivity index (χ2n) is 9.18. The molecular weight excluding hydrogens is 384 g/mol. The Hall–Kier alpha value is -2.05. The lowest BCUT2D eigenvalue weighted by molar-refractivity contribution is 0.245. The first-order valence-corrected chi connectivity index (χ1v) is 11.9. The van der Waals surface area contributed by atoms with E-state index in [1.165, 1.54) is 67.2 Å². The van der Waals surface area contributed by atoms with Gasteiger partial charge in [-0.05, 0) is 71.4 Å². The van der Waals surface area contributed by atoms with Crippen molar-refractivity contribution < 1.29 is 0 Å². The summed E-state index contributed by atoms with van der Waals surface area (Å²) in [6.07, 6.45) is 9.54. The third kappa shape index (κ3) is 5.76. The van der Waals surface area contributed by atoms with Gasteiger partial charge >= 0.3 is 0 Å². The van der Waals surface area contributed by atoms with Crippen molar-refractivity contribution in [3.63, 3.8) is 0 Å². The smallest absolute Gasteiger partial charge is 0.0406 e. The van der Waals surface area contributed by atoms with Crippen molar-refractivity contribution in [1.29, 1.82) is 0 Å². The molecule has 0 N–H and O–H groups in total. The Labute approximate surface area is 187 Å². The number of benzene rings is 3. The predicted molar refractivity (Wildman–Crippen MR) is 130 cm³/mol. The molecule has 1 aliphatic carbocycles. The van der Waals surface area contributed by atoms with Crippen LogP contribution >= 0.6 is 11.6 Å². The predicted octanol–water partition coefficient (Wildman–Crippen LogP) is 8.94. The molecule has 0 bridgehead atoms. The summed E-state index contributed by atoms with van der Waals surface area (Å²) in [6, 6.07) is 28.2. The molecule has 0 heterocycles. The first-order chi connectivity index (χ1) is 14.7. The van der Waals surface area contributed by atoms with Crippen LogP contribution in [-0.2, 0) is 6.42 Å². The molecule has 0 saturated heterocycles. The van der Waals surface area contributed by atoms with Crippen LogP contribution < -0.4 is 0 Å². The molecule has 0 radical (unpaired) electrons. The lowest BCUT2D eigenvalue weighted by Crippen LogP contribution is -2.16. The molecule has 1 heteroatoms. The Balaban J connectivity index is 1.21. The second-order valence-corrected chi connectivity index (χ2v) is 9.61. The Morgan fingerprint density at radius 2 is 1.30 bits per heavy atom. The van der Waals surface area contributed by atoms with E-state index in [0.29, 0.717) is 5.92 Å². The summed E-state index contributed by atoms with van der Waals surface area (Å²) in [5, 5.41) is 0.791. The van der Waals surface area contributed by atoms with E-state index in [4.69, 9.17) is 11.6 Å². The standard InChI is InChI=1S/C29H33Cl/c1-22(26-5-3-2-4-6-26)21-25-11-9-23(10-12-25)7-8-24-13-15-27(16-14-24)28-17-19-29(30)20-18-28/h2-6,13-20,22-23,25H,7-12,21H2,1H3. The highest BCUT2D eigenvalue weighted by atomic mass is 35.5. The fourth-order valence-electron chi connectivity index (χ4n) is 5.05. The monoisotopic (exact) mass is 416 g/mol. The Morgan fingerprint density at radius 3 is 1.93 bits per heavy atom. The molecule has 1 unspecified atom stereocenters. The van der Waals surface area contributed by atoms with E-state index in [1.54, 1.807) is 0 Å². The Kier molecular flexibility index (Phi) is 7.28. The molecule has 156 valence electrons. The van der Waals surface area contributed by atoms with Crippen LogP contribution in [0.25, 0.3) is 11.1 Å². The third-order valence-corrected chi connectivity index (χ3v) is 7.25. The van der Waals surface area contributed by atoms with Gasteiger partial charge in [-0.1, -0.05) is 111 Å². The van der Waals surface area contributed by atoms with Crippen molar-refractivity contribution in [2.45, 2.75) is 57.8 Å². The summed E-state index contributed by atoms with van der Waals surface area (Å²) in [5.41, 5.74) is 5.46. The SMILES string of the molecule is CC(CC1CCC(CCc2ccc(-c3ccc(Cl)cc3)cc2)CC1)c1ccccc1. The first-order valence-electron chi connectivity index (χ1n) is 11.6. The average Bonchev–Trinajstić information content (AvgIpc) is 2.80. The number of hydrogen-bond acceptors (Lipinski definition) is 0. The quantitative estimate of drug-likeness (QED) is 0.360.